The summed E-state index contributed by atoms with van der Waals surface area (Å²) in [6.45, 7) is 2.28. The molecule has 150 valence electrons. The second kappa shape index (κ2) is 8.27. The second-order valence-corrected chi connectivity index (χ2v) is 7.69. The van der Waals surface area contributed by atoms with Crippen molar-refractivity contribution >= 4 is 11.6 Å². The number of hydrogen-bond acceptors (Lipinski definition) is 3. The van der Waals surface area contributed by atoms with Gasteiger partial charge in [-0.3, -0.25) is 4.79 Å². The summed E-state index contributed by atoms with van der Waals surface area (Å²) in [6.07, 6.45) is 0.317. The number of rotatable bonds is 6. The zero-order valence-electron chi connectivity index (χ0n) is 16.5. The van der Waals surface area contributed by atoms with E-state index in [1.807, 2.05) is 43.3 Å². The van der Waals surface area contributed by atoms with Crippen molar-refractivity contribution in [3.63, 3.8) is 0 Å². The molecule has 2 atom stereocenters. The molecular weight excluding hydrogens is 360 g/mol. The highest BCUT2D eigenvalue weighted by Gasteiger charge is 2.30. The first kappa shape index (κ1) is 20.3. The molecule has 28 heavy (non-hydrogen) atoms. The predicted octanol–water partition coefficient (Wildman–Crippen LogP) is 3.28. The zero-order chi connectivity index (χ0) is 20.3. The van der Waals surface area contributed by atoms with E-state index in [1.54, 1.807) is 12.1 Å². The Hall–Kier alpha value is -2.47. The lowest BCUT2D eigenvalue weighted by atomic mass is 9.92. The molecule has 1 unspecified atom stereocenters. The van der Waals surface area contributed by atoms with Crippen LogP contribution in [0.3, 0.4) is 0 Å². The molecule has 0 spiro atoms. The number of nitrogens with one attached hydrogen (secondary N) is 2. The fourth-order valence-electron chi connectivity index (χ4n) is 3.56. The molecule has 3 rings (SSSR count). The molecule has 2 aromatic carbocycles. The van der Waals surface area contributed by atoms with Crippen LogP contribution in [0.2, 0.25) is 0 Å². The maximum absolute atomic E-state index is 13.4. The van der Waals surface area contributed by atoms with Gasteiger partial charge in [-0.1, -0.05) is 36.4 Å². The van der Waals surface area contributed by atoms with Gasteiger partial charge in [0.2, 0.25) is 5.91 Å². The third-order valence-electron chi connectivity index (χ3n) is 5.22. The van der Waals surface area contributed by atoms with E-state index in [1.165, 1.54) is 12.1 Å². The van der Waals surface area contributed by atoms with Gasteiger partial charge >= 0.3 is 0 Å². The van der Waals surface area contributed by atoms with E-state index in [-0.39, 0.29) is 23.4 Å². The van der Waals surface area contributed by atoms with E-state index in [0.29, 0.717) is 19.5 Å². The van der Waals surface area contributed by atoms with Crippen LogP contribution < -0.4 is 15.5 Å². The molecule has 0 aliphatic carbocycles. The van der Waals surface area contributed by atoms with Gasteiger partial charge in [0.15, 0.2) is 0 Å². The van der Waals surface area contributed by atoms with Crippen molar-refractivity contribution in [3.8, 4) is 0 Å². The van der Waals surface area contributed by atoms with Crippen molar-refractivity contribution in [2.45, 2.75) is 31.2 Å². The fourth-order valence-corrected chi connectivity index (χ4v) is 3.56. The Morgan fingerprint density at radius 1 is 1.11 bits per heavy atom. The first-order valence-corrected chi connectivity index (χ1v) is 9.48. The maximum Gasteiger partial charge on any atom is 0.270 e. The molecule has 1 heterocycles. The summed E-state index contributed by atoms with van der Waals surface area (Å²) in [5, 5.41) is 6.38. The Bertz CT molecular complexity index is 798. The highest BCUT2D eigenvalue weighted by atomic mass is 19.3. The molecule has 1 fully saturated rings. The van der Waals surface area contributed by atoms with Gasteiger partial charge < -0.3 is 15.5 Å². The molecular formula is C22H27F2N3O. The topological polar surface area (TPSA) is 44.4 Å². The molecule has 0 aromatic heterocycles. The van der Waals surface area contributed by atoms with Gasteiger partial charge in [-0.15, -0.1) is 0 Å². The molecule has 0 saturated carbocycles. The van der Waals surface area contributed by atoms with E-state index in [9.17, 15) is 13.6 Å². The summed E-state index contributed by atoms with van der Waals surface area (Å²) < 4.78 is 26.8. The molecule has 0 bridgehead atoms. The molecule has 6 heteroatoms. The number of alkyl halides is 2. The van der Waals surface area contributed by atoms with Gasteiger partial charge in [0.05, 0.1) is 6.42 Å². The molecule has 4 nitrogen and oxygen atoms in total. The van der Waals surface area contributed by atoms with Crippen LogP contribution in [0, 0.1) is 0 Å². The summed E-state index contributed by atoms with van der Waals surface area (Å²) in [5.41, 5.74) is 3.01. The quantitative estimate of drug-likeness (QED) is 0.800. The van der Waals surface area contributed by atoms with Gasteiger partial charge in [-0.25, -0.2) is 8.78 Å². The molecule has 1 amide bonds. The summed E-state index contributed by atoms with van der Waals surface area (Å²) in [7, 11) is 3.95. The molecule has 1 saturated heterocycles. The number of nitrogens with zero attached hydrogens (tertiary/aromatic N) is 1. The Morgan fingerprint density at radius 3 is 2.32 bits per heavy atom. The summed E-state index contributed by atoms with van der Waals surface area (Å²) >= 11 is 0. The smallest absolute Gasteiger partial charge is 0.270 e. The Morgan fingerprint density at radius 2 is 1.75 bits per heavy atom. The van der Waals surface area contributed by atoms with Crippen LogP contribution in [0.15, 0.2) is 48.5 Å². The number of hydrogen-bond donors (Lipinski definition) is 2. The Balaban J connectivity index is 1.62. The summed E-state index contributed by atoms with van der Waals surface area (Å²) in [5.74, 6) is -2.81. The number of halogens is 2. The lowest BCUT2D eigenvalue weighted by Crippen LogP contribution is -2.40. The van der Waals surface area contributed by atoms with Crippen molar-refractivity contribution in [1.82, 2.24) is 10.6 Å². The van der Waals surface area contributed by atoms with E-state index >= 15 is 0 Å². The highest BCUT2D eigenvalue weighted by Crippen LogP contribution is 2.29. The van der Waals surface area contributed by atoms with Crippen molar-refractivity contribution in [1.29, 1.82) is 0 Å². The van der Waals surface area contributed by atoms with Gasteiger partial charge in [-0.05, 0) is 23.3 Å². The zero-order valence-corrected chi connectivity index (χ0v) is 16.5. The Kier molecular flexibility index (Phi) is 5.98. The van der Waals surface area contributed by atoms with Crippen LogP contribution in [0.4, 0.5) is 14.5 Å². The standard InChI is InChI=1S/C22H27F2N3O/c1-22(23,24)17-8-6-16(7-9-17)19-13-25-14-20(19)26-21(28)12-15-4-10-18(11-5-15)27(2)3/h4-11,19-20,25H,12-14H2,1-3H3,(H,26,28)/t19?,20-/m1/s1. The van der Waals surface area contributed by atoms with Crippen molar-refractivity contribution < 1.29 is 13.6 Å². The first-order chi connectivity index (χ1) is 13.2. The van der Waals surface area contributed by atoms with Gasteiger partial charge in [0, 0.05) is 57.3 Å². The summed E-state index contributed by atoms with van der Waals surface area (Å²) in [4.78, 5) is 14.5. The number of anilines is 1. The Labute approximate surface area is 164 Å². The first-order valence-electron chi connectivity index (χ1n) is 9.48. The number of carbonyl (C=O) groups is 1. The monoisotopic (exact) mass is 387 g/mol. The van der Waals surface area contributed by atoms with E-state index < -0.39 is 5.92 Å². The van der Waals surface area contributed by atoms with Gasteiger partial charge in [0.1, 0.15) is 0 Å². The fraction of sp³-hybridized carbons (Fsp3) is 0.409. The molecule has 0 radical (unpaired) electrons. The van der Waals surface area contributed by atoms with Crippen LogP contribution in [-0.2, 0) is 17.1 Å². The molecule has 1 aliphatic heterocycles. The largest absolute Gasteiger partial charge is 0.378 e. The number of carbonyl (C=O) groups excluding carboxylic acids is 1. The van der Waals surface area contributed by atoms with E-state index in [0.717, 1.165) is 23.7 Å². The number of amides is 1. The maximum atomic E-state index is 13.4. The minimum atomic E-state index is -2.85. The number of benzene rings is 2. The average Bonchev–Trinajstić information content (AvgIpc) is 3.09. The molecule has 1 aliphatic rings. The summed E-state index contributed by atoms with van der Waals surface area (Å²) in [6, 6.07) is 14.3. The van der Waals surface area contributed by atoms with Crippen molar-refractivity contribution in [2.24, 2.45) is 0 Å². The SMILES string of the molecule is CN(C)c1ccc(CC(=O)N[C@@H]2CNCC2c2ccc(C(C)(F)F)cc2)cc1. The van der Waals surface area contributed by atoms with Gasteiger partial charge in [-0.2, -0.15) is 0 Å². The third kappa shape index (κ3) is 4.87. The lowest BCUT2D eigenvalue weighted by molar-refractivity contribution is -0.121. The third-order valence-corrected chi connectivity index (χ3v) is 5.22. The molecule has 2 N–H and O–H groups in total. The van der Waals surface area contributed by atoms with Crippen molar-refractivity contribution in [2.75, 3.05) is 32.1 Å². The van der Waals surface area contributed by atoms with Crippen LogP contribution in [0.5, 0.6) is 0 Å². The van der Waals surface area contributed by atoms with Crippen LogP contribution in [0.1, 0.15) is 29.5 Å². The predicted molar refractivity (Wildman–Crippen MR) is 108 cm³/mol. The van der Waals surface area contributed by atoms with Crippen LogP contribution in [0.25, 0.3) is 0 Å². The van der Waals surface area contributed by atoms with Gasteiger partial charge in [0.25, 0.3) is 5.92 Å². The minimum absolute atomic E-state index is 0.00367. The van der Waals surface area contributed by atoms with Crippen LogP contribution >= 0.6 is 0 Å². The normalized spacial score (nSPS) is 19.5. The highest BCUT2D eigenvalue weighted by molar-refractivity contribution is 5.79. The van der Waals surface area contributed by atoms with Crippen molar-refractivity contribution in [3.05, 3.63) is 65.2 Å². The second-order valence-electron chi connectivity index (χ2n) is 7.69. The minimum Gasteiger partial charge on any atom is -0.378 e. The molecule has 2 aromatic rings. The van der Waals surface area contributed by atoms with E-state index in [4.69, 9.17) is 0 Å². The average molecular weight is 387 g/mol. The van der Waals surface area contributed by atoms with E-state index in [2.05, 4.69) is 10.6 Å². The van der Waals surface area contributed by atoms with Crippen LogP contribution in [-0.4, -0.2) is 39.1 Å². The lowest BCUT2D eigenvalue weighted by Gasteiger charge is -2.21.